The van der Waals surface area contributed by atoms with Crippen LogP contribution in [0.5, 0.6) is 0 Å². The average molecular weight is 414 g/mol. The molecular weight excluding hydrogens is 394 g/mol. The molecule has 2 heterocycles. The Morgan fingerprint density at radius 3 is 2.61 bits per heavy atom. The first kappa shape index (κ1) is 18.7. The molecule has 2 N–H and O–H groups in total. The van der Waals surface area contributed by atoms with Gasteiger partial charge in [-0.05, 0) is 29.9 Å². The fourth-order valence-corrected chi connectivity index (χ4v) is 4.65. The topological polar surface area (TPSA) is 88.9 Å². The van der Waals surface area contributed by atoms with Crippen molar-refractivity contribution in [2.45, 2.75) is 29.3 Å². The summed E-state index contributed by atoms with van der Waals surface area (Å²) in [5, 5.41) is 15.7. The van der Waals surface area contributed by atoms with E-state index in [1.165, 1.54) is 18.8 Å². The van der Waals surface area contributed by atoms with Crippen molar-refractivity contribution in [2.24, 2.45) is 0 Å². The molecule has 0 radical (unpaired) electrons. The zero-order chi connectivity index (χ0) is 19.5. The Labute approximate surface area is 170 Å². The lowest BCUT2D eigenvalue weighted by Gasteiger charge is -2.16. The highest BCUT2D eigenvalue weighted by Gasteiger charge is 2.33. The van der Waals surface area contributed by atoms with Gasteiger partial charge in [-0.2, -0.15) is 0 Å². The summed E-state index contributed by atoms with van der Waals surface area (Å²) in [4.78, 5) is 25.5. The molecule has 0 aliphatic heterocycles. The van der Waals surface area contributed by atoms with E-state index in [0.29, 0.717) is 11.2 Å². The molecule has 0 spiro atoms. The molecule has 3 amide bonds. The minimum Gasteiger partial charge on any atom is -0.341 e. The molecule has 4 rings (SSSR count). The Morgan fingerprint density at radius 2 is 1.96 bits per heavy atom. The number of carbonyl (C=O) groups is 2. The maximum atomic E-state index is 12.8. The Balaban J connectivity index is 1.67. The van der Waals surface area contributed by atoms with Gasteiger partial charge in [-0.1, -0.05) is 48.2 Å². The van der Waals surface area contributed by atoms with E-state index in [9.17, 15) is 9.59 Å². The van der Waals surface area contributed by atoms with Crippen LogP contribution in [0.25, 0.3) is 10.7 Å². The number of hydrogen-bond donors (Lipinski definition) is 2. The summed E-state index contributed by atoms with van der Waals surface area (Å²) >= 11 is 2.93. The second kappa shape index (κ2) is 8.15. The first-order valence-electron chi connectivity index (χ1n) is 8.90. The molecule has 9 heteroatoms. The van der Waals surface area contributed by atoms with Crippen LogP contribution in [0.1, 0.15) is 29.7 Å². The molecule has 2 aromatic heterocycles. The SMILES string of the molecule is CNC(=O)NC(=O)[C@H](Sc1nnc(-c2cccs2)n1C1CC1)c1ccccc1. The number of thioether (sulfide) groups is 1. The van der Waals surface area contributed by atoms with Gasteiger partial charge in [0.15, 0.2) is 11.0 Å². The molecule has 1 aromatic carbocycles. The van der Waals surface area contributed by atoms with E-state index in [1.54, 1.807) is 11.3 Å². The number of hydrogen-bond acceptors (Lipinski definition) is 6. The quantitative estimate of drug-likeness (QED) is 0.603. The van der Waals surface area contributed by atoms with Gasteiger partial charge in [-0.25, -0.2) is 4.79 Å². The lowest BCUT2D eigenvalue weighted by Crippen LogP contribution is -2.39. The fourth-order valence-electron chi connectivity index (χ4n) is 2.84. The minimum absolute atomic E-state index is 0.355. The van der Waals surface area contributed by atoms with E-state index in [-0.39, 0.29) is 0 Å². The number of amides is 3. The highest BCUT2D eigenvalue weighted by atomic mass is 32.2. The average Bonchev–Trinajstić information content (AvgIpc) is 3.24. The maximum Gasteiger partial charge on any atom is 0.321 e. The van der Waals surface area contributed by atoms with Crippen LogP contribution in [0.3, 0.4) is 0 Å². The number of carbonyl (C=O) groups excluding carboxylic acids is 2. The largest absolute Gasteiger partial charge is 0.341 e. The predicted octanol–water partition coefficient (Wildman–Crippen LogP) is 3.63. The van der Waals surface area contributed by atoms with E-state index in [4.69, 9.17) is 0 Å². The monoisotopic (exact) mass is 413 g/mol. The van der Waals surface area contributed by atoms with Crippen LogP contribution in [0, 0.1) is 0 Å². The van der Waals surface area contributed by atoms with E-state index < -0.39 is 17.2 Å². The molecule has 0 bridgehead atoms. The lowest BCUT2D eigenvalue weighted by molar-refractivity contribution is -0.119. The summed E-state index contributed by atoms with van der Waals surface area (Å²) in [6.07, 6.45) is 2.15. The Morgan fingerprint density at radius 1 is 1.18 bits per heavy atom. The molecule has 0 unspecified atom stereocenters. The summed E-state index contributed by atoms with van der Waals surface area (Å²) in [6.45, 7) is 0. The van der Waals surface area contributed by atoms with Crippen molar-refractivity contribution in [1.29, 1.82) is 0 Å². The van der Waals surface area contributed by atoms with E-state index in [0.717, 1.165) is 29.1 Å². The molecule has 1 fully saturated rings. The van der Waals surface area contributed by atoms with Gasteiger partial charge in [0.25, 0.3) is 0 Å². The molecule has 144 valence electrons. The van der Waals surface area contributed by atoms with Gasteiger partial charge in [0, 0.05) is 13.1 Å². The van der Waals surface area contributed by atoms with Crippen LogP contribution >= 0.6 is 23.1 Å². The molecule has 1 aliphatic carbocycles. The van der Waals surface area contributed by atoms with Gasteiger partial charge in [-0.3, -0.25) is 14.7 Å². The minimum atomic E-state index is -0.614. The van der Waals surface area contributed by atoms with Crippen LogP contribution < -0.4 is 10.6 Å². The zero-order valence-electron chi connectivity index (χ0n) is 15.2. The van der Waals surface area contributed by atoms with E-state index in [2.05, 4.69) is 25.4 Å². The summed E-state index contributed by atoms with van der Waals surface area (Å²) in [6, 6.07) is 13.2. The van der Waals surface area contributed by atoms with Crippen molar-refractivity contribution in [3.05, 3.63) is 53.4 Å². The Bertz CT molecular complexity index is 968. The molecule has 7 nitrogen and oxygen atoms in total. The number of imide groups is 1. The number of urea groups is 1. The second-order valence-electron chi connectivity index (χ2n) is 6.36. The van der Waals surface area contributed by atoms with Gasteiger partial charge >= 0.3 is 6.03 Å². The molecule has 0 saturated heterocycles. The third kappa shape index (κ3) is 3.95. The first-order valence-corrected chi connectivity index (χ1v) is 10.7. The van der Waals surface area contributed by atoms with Crippen LogP contribution in [0.4, 0.5) is 4.79 Å². The first-order chi connectivity index (χ1) is 13.7. The van der Waals surface area contributed by atoms with Gasteiger partial charge < -0.3 is 5.32 Å². The molecule has 1 saturated carbocycles. The summed E-state index contributed by atoms with van der Waals surface area (Å²) in [5.74, 6) is 0.442. The van der Waals surface area contributed by atoms with Gasteiger partial charge in [-0.15, -0.1) is 21.5 Å². The number of nitrogens with zero attached hydrogens (tertiary/aromatic N) is 3. The zero-order valence-corrected chi connectivity index (χ0v) is 16.8. The van der Waals surface area contributed by atoms with Crippen LogP contribution in [-0.4, -0.2) is 33.8 Å². The van der Waals surface area contributed by atoms with Crippen molar-refractivity contribution in [1.82, 2.24) is 25.4 Å². The van der Waals surface area contributed by atoms with Crippen LogP contribution in [-0.2, 0) is 4.79 Å². The van der Waals surface area contributed by atoms with Crippen LogP contribution in [0.2, 0.25) is 0 Å². The second-order valence-corrected chi connectivity index (χ2v) is 8.38. The molecule has 3 aromatic rings. The van der Waals surface area contributed by atoms with Crippen LogP contribution in [0.15, 0.2) is 53.0 Å². The van der Waals surface area contributed by atoms with Crippen molar-refractivity contribution >= 4 is 35.0 Å². The fraction of sp³-hybridized carbons (Fsp3) is 0.263. The lowest BCUT2D eigenvalue weighted by atomic mass is 10.1. The van der Waals surface area contributed by atoms with E-state index >= 15 is 0 Å². The molecular formula is C19H19N5O2S2. The third-order valence-corrected chi connectivity index (χ3v) is 6.42. The number of benzene rings is 1. The normalized spacial score (nSPS) is 14.5. The van der Waals surface area contributed by atoms with Crippen molar-refractivity contribution in [3.63, 3.8) is 0 Å². The molecule has 1 atom stereocenters. The molecule has 28 heavy (non-hydrogen) atoms. The summed E-state index contributed by atoms with van der Waals surface area (Å²) in [5.41, 5.74) is 0.803. The smallest absolute Gasteiger partial charge is 0.321 e. The number of nitrogens with one attached hydrogen (secondary N) is 2. The Hall–Kier alpha value is -2.65. The van der Waals surface area contributed by atoms with Crippen molar-refractivity contribution < 1.29 is 9.59 Å². The highest BCUT2D eigenvalue weighted by molar-refractivity contribution is 8.00. The van der Waals surface area contributed by atoms with Gasteiger partial charge in [0.05, 0.1) is 4.88 Å². The number of rotatable bonds is 6. The van der Waals surface area contributed by atoms with Crippen molar-refractivity contribution in [2.75, 3.05) is 7.05 Å². The summed E-state index contributed by atoms with van der Waals surface area (Å²) in [7, 11) is 1.48. The highest BCUT2D eigenvalue weighted by Crippen LogP contribution is 2.44. The van der Waals surface area contributed by atoms with E-state index in [1.807, 2.05) is 47.8 Å². The Kier molecular flexibility index (Phi) is 5.45. The number of aromatic nitrogens is 3. The van der Waals surface area contributed by atoms with Gasteiger partial charge in [0.2, 0.25) is 5.91 Å². The standard InChI is InChI=1S/C19H19N5O2S2/c1-20-18(26)21-17(25)15(12-6-3-2-4-7-12)28-19-23-22-16(14-8-5-11-27-14)24(19)13-9-10-13/h2-8,11,13,15H,9-10H2,1H3,(H2,20,21,25,26)/t15-/m1/s1. The number of thiophene rings is 1. The third-order valence-electron chi connectivity index (χ3n) is 4.35. The molecule has 1 aliphatic rings. The predicted molar refractivity (Wildman–Crippen MR) is 109 cm³/mol. The maximum absolute atomic E-state index is 12.8. The summed E-state index contributed by atoms with van der Waals surface area (Å²) < 4.78 is 2.12. The van der Waals surface area contributed by atoms with Gasteiger partial charge in [0.1, 0.15) is 5.25 Å². The van der Waals surface area contributed by atoms with Crippen molar-refractivity contribution in [3.8, 4) is 10.7 Å².